The van der Waals surface area contributed by atoms with Gasteiger partial charge in [0.1, 0.15) is 6.04 Å². The van der Waals surface area contributed by atoms with Crippen LogP contribution in [0, 0.1) is 0 Å². The molecule has 0 radical (unpaired) electrons. The van der Waals surface area contributed by atoms with Gasteiger partial charge in [0.25, 0.3) is 0 Å². The highest BCUT2D eigenvalue weighted by atomic mass is 35.5. The molecule has 1 N–H and O–H groups in total. The van der Waals surface area contributed by atoms with Crippen molar-refractivity contribution < 1.29 is 4.79 Å². The number of hydrogen-bond donors (Lipinski definition) is 1. The Labute approximate surface area is 136 Å². The summed E-state index contributed by atoms with van der Waals surface area (Å²) in [6.45, 7) is 2.04. The Morgan fingerprint density at radius 1 is 1.00 bits per heavy atom. The number of amides is 1. The first-order valence-electron chi connectivity index (χ1n) is 7.26. The number of nitrogens with one attached hydrogen (secondary N) is 1. The van der Waals surface area contributed by atoms with Crippen LogP contribution in [0.5, 0.6) is 0 Å². The molecule has 0 saturated carbocycles. The zero-order chi connectivity index (χ0) is 16.1. The van der Waals surface area contributed by atoms with E-state index in [9.17, 15) is 4.79 Å². The smallest absolute Gasteiger partial charge is 0.243 e. The second-order valence-electron chi connectivity index (χ2n) is 5.52. The van der Waals surface area contributed by atoms with E-state index in [1.165, 1.54) is 0 Å². The molecular formula is C18H21ClN2O. The van der Waals surface area contributed by atoms with Crippen molar-refractivity contribution >= 4 is 17.5 Å². The second kappa shape index (κ2) is 7.43. The van der Waals surface area contributed by atoms with Crippen LogP contribution in [-0.2, 0) is 4.79 Å². The lowest BCUT2D eigenvalue weighted by atomic mass is 10.0. The van der Waals surface area contributed by atoms with Crippen LogP contribution in [0.4, 0.5) is 0 Å². The normalized spacial score (nSPS) is 13.5. The molecule has 2 rings (SSSR count). The van der Waals surface area contributed by atoms with Gasteiger partial charge in [-0.05, 0) is 30.2 Å². The van der Waals surface area contributed by atoms with E-state index in [2.05, 4.69) is 5.32 Å². The molecule has 4 heteroatoms. The van der Waals surface area contributed by atoms with Crippen LogP contribution in [0.25, 0.3) is 0 Å². The Morgan fingerprint density at radius 3 is 2.14 bits per heavy atom. The maximum Gasteiger partial charge on any atom is 0.243 e. The molecule has 0 fully saturated rings. The van der Waals surface area contributed by atoms with Crippen LogP contribution in [0.3, 0.4) is 0 Å². The summed E-state index contributed by atoms with van der Waals surface area (Å²) in [5.74, 6) is 0.0343. The van der Waals surface area contributed by atoms with Crippen LogP contribution in [0.2, 0.25) is 5.02 Å². The lowest BCUT2D eigenvalue weighted by Gasteiger charge is -2.26. The third kappa shape index (κ3) is 4.09. The molecule has 0 bridgehead atoms. The first-order chi connectivity index (χ1) is 10.5. The van der Waals surface area contributed by atoms with Gasteiger partial charge in [0.05, 0.1) is 0 Å². The van der Waals surface area contributed by atoms with Gasteiger partial charge < -0.3 is 4.90 Å². The Hall–Kier alpha value is -1.84. The number of benzene rings is 2. The summed E-state index contributed by atoms with van der Waals surface area (Å²) < 4.78 is 0. The van der Waals surface area contributed by atoms with Crippen LogP contribution >= 0.6 is 11.6 Å². The predicted molar refractivity (Wildman–Crippen MR) is 90.9 cm³/mol. The minimum atomic E-state index is -0.373. The third-order valence-corrected chi connectivity index (χ3v) is 3.86. The van der Waals surface area contributed by atoms with E-state index in [-0.39, 0.29) is 18.0 Å². The van der Waals surface area contributed by atoms with Crippen molar-refractivity contribution in [1.29, 1.82) is 0 Å². The van der Waals surface area contributed by atoms with Gasteiger partial charge in [-0.2, -0.15) is 0 Å². The maximum absolute atomic E-state index is 12.5. The first-order valence-corrected chi connectivity index (χ1v) is 7.64. The SMILES string of the molecule is C[C@H](N[C@@H](C(=O)N(C)C)c1ccccc1)c1ccc(Cl)cc1. The van der Waals surface area contributed by atoms with Crippen molar-refractivity contribution in [3.05, 3.63) is 70.7 Å². The molecule has 0 aliphatic heterocycles. The highest BCUT2D eigenvalue weighted by molar-refractivity contribution is 6.30. The van der Waals surface area contributed by atoms with E-state index in [1.807, 2.05) is 61.5 Å². The van der Waals surface area contributed by atoms with Crippen LogP contribution in [0.15, 0.2) is 54.6 Å². The molecule has 2 aromatic carbocycles. The van der Waals surface area contributed by atoms with Crippen molar-refractivity contribution in [2.24, 2.45) is 0 Å². The molecule has 116 valence electrons. The summed E-state index contributed by atoms with van der Waals surface area (Å²) in [4.78, 5) is 14.1. The minimum Gasteiger partial charge on any atom is -0.347 e. The Morgan fingerprint density at radius 2 is 1.59 bits per heavy atom. The number of likely N-dealkylation sites (N-methyl/N-ethyl adjacent to an activating group) is 1. The fraction of sp³-hybridized carbons (Fsp3) is 0.278. The summed E-state index contributed by atoms with van der Waals surface area (Å²) in [6, 6.07) is 17.1. The van der Waals surface area contributed by atoms with Gasteiger partial charge in [-0.25, -0.2) is 0 Å². The molecule has 0 spiro atoms. The maximum atomic E-state index is 12.5. The van der Waals surface area contributed by atoms with Gasteiger partial charge in [0.15, 0.2) is 0 Å². The largest absolute Gasteiger partial charge is 0.347 e. The standard InChI is InChI=1S/C18H21ClN2O/c1-13(14-9-11-16(19)12-10-14)20-17(18(22)21(2)3)15-7-5-4-6-8-15/h4-13,17,20H,1-3H3/t13-,17+/m0/s1. The number of hydrogen-bond acceptors (Lipinski definition) is 2. The van der Waals surface area contributed by atoms with Gasteiger partial charge in [0, 0.05) is 25.2 Å². The number of nitrogens with zero attached hydrogens (tertiary/aromatic N) is 1. The van der Waals surface area contributed by atoms with Gasteiger partial charge in [-0.3, -0.25) is 10.1 Å². The van der Waals surface area contributed by atoms with Crippen molar-refractivity contribution in [2.45, 2.75) is 19.0 Å². The lowest BCUT2D eigenvalue weighted by molar-refractivity contribution is -0.131. The minimum absolute atomic E-state index is 0.0337. The fourth-order valence-corrected chi connectivity index (χ4v) is 2.44. The van der Waals surface area contributed by atoms with E-state index < -0.39 is 0 Å². The molecule has 1 amide bonds. The van der Waals surface area contributed by atoms with E-state index in [4.69, 9.17) is 11.6 Å². The summed E-state index contributed by atoms with van der Waals surface area (Å²) >= 11 is 5.93. The zero-order valence-corrected chi connectivity index (χ0v) is 13.8. The highest BCUT2D eigenvalue weighted by Gasteiger charge is 2.24. The molecular weight excluding hydrogens is 296 g/mol. The molecule has 0 aliphatic rings. The molecule has 0 aliphatic carbocycles. The number of carbonyl (C=O) groups is 1. The van der Waals surface area contributed by atoms with E-state index in [1.54, 1.807) is 19.0 Å². The Bertz CT molecular complexity index is 611. The zero-order valence-electron chi connectivity index (χ0n) is 13.1. The second-order valence-corrected chi connectivity index (χ2v) is 5.95. The first kappa shape index (κ1) is 16.5. The van der Waals surface area contributed by atoms with E-state index in [0.29, 0.717) is 5.02 Å². The number of carbonyl (C=O) groups excluding carboxylic acids is 1. The van der Waals surface area contributed by atoms with Crippen molar-refractivity contribution in [1.82, 2.24) is 10.2 Å². The summed E-state index contributed by atoms with van der Waals surface area (Å²) in [6.07, 6.45) is 0. The van der Waals surface area contributed by atoms with Gasteiger partial charge in [-0.15, -0.1) is 0 Å². The van der Waals surface area contributed by atoms with Gasteiger partial charge in [-0.1, -0.05) is 54.1 Å². The third-order valence-electron chi connectivity index (χ3n) is 3.61. The average Bonchev–Trinajstić information content (AvgIpc) is 2.53. The molecule has 0 unspecified atom stereocenters. The molecule has 2 atom stereocenters. The molecule has 22 heavy (non-hydrogen) atoms. The summed E-state index contributed by atoms with van der Waals surface area (Å²) in [7, 11) is 3.54. The van der Waals surface area contributed by atoms with Crippen molar-refractivity contribution in [3.63, 3.8) is 0 Å². The lowest BCUT2D eigenvalue weighted by Crippen LogP contribution is -2.38. The van der Waals surface area contributed by atoms with E-state index >= 15 is 0 Å². The fourth-order valence-electron chi connectivity index (χ4n) is 2.31. The molecule has 0 aromatic heterocycles. The molecule has 0 heterocycles. The summed E-state index contributed by atoms with van der Waals surface area (Å²) in [5.41, 5.74) is 2.05. The predicted octanol–water partition coefficient (Wildman–Crippen LogP) is 3.82. The Kier molecular flexibility index (Phi) is 5.58. The summed E-state index contributed by atoms with van der Waals surface area (Å²) in [5, 5.41) is 4.12. The Balaban J connectivity index is 2.23. The number of halogens is 1. The van der Waals surface area contributed by atoms with Crippen molar-refractivity contribution in [3.8, 4) is 0 Å². The topological polar surface area (TPSA) is 32.3 Å². The quantitative estimate of drug-likeness (QED) is 0.909. The highest BCUT2D eigenvalue weighted by Crippen LogP contribution is 2.22. The molecule has 0 saturated heterocycles. The molecule has 3 nitrogen and oxygen atoms in total. The van der Waals surface area contributed by atoms with Crippen LogP contribution in [0.1, 0.15) is 30.1 Å². The monoisotopic (exact) mass is 316 g/mol. The van der Waals surface area contributed by atoms with Crippen molar-refractivity contribution in [2.75, 3.05) is 14.1 Å². The van der Waals surface area contributed by atoms with Gasteiger partial charge in [0.2, 0.25) is 5.91 Å². The average molecular weight is 317 g/mol. The number of rotatable bonds is 5. The van der Waals surface area contributed by atoms with Gasteiger partial charge >= 0.3 is 0 Å². The van der Waals surface area contributed by atoms with E-state index in [0.717, 1.165) is 11.1 Å². The molecule has 2 aromatic rings. The van der Waals surface area contributed by atoms with Crippen LogP contribution in [-0.4, -0.2) is 24.9 Å². The van der Waals surface area contributed by atoms with Crippen LogP contribution < -0.4 is 5.32 Å².